The second kappa shape index (κ2) is 5.10. The molecule has 104 valence electrons. The Bertz CT molecular complexity index is 805. The molecule has 1 aromatic heterocycles. The van der Waals surface area contributed by atoms with Crippen LogP contribution in [0.15, 0.2) is 27.9 Å². The van der Waals surface area contributed by atoms with Gasteiger partial charge in [0.2, 0.25) is 0 Å². The zero-order chi connectivity index (χ0) is 15.0. The van der Waals surface area contributed by atoms with E-state index in [9.17, 15) is 18.8 Å². The van der Waals surface area contributed by atoms with Gasteiger partial charge in [0.15, 0.2) is 5.82 Å². The lowest BCUT2D eigenvalue weighted by Crippen LogP contribution is -2.32. The third kappa shape index (κ3) is 2.45. The Labute approximate surface area is 120 Å². The molecule has 6 nitrogen and oxygen atoms in total. The van der Waals surface area contributed by atoms with Gasteiger partial charge in [0.1, 0.15) is 5.56 Å². The number of H-pyrrole nitrogens is 1. The molecule has 0 saturated heterocycles. The van der Waals surface area contributed by atoms with Crippen LogP contribution in [0.4, 0.5) is 4.39 Å². The average molecular weight is 319 g/mol. The molecule has 0 spiro atoms. The van der Waals surface area contributed by atoms with E-state index >= 15 is 0 Å². The molecule has 0 aliphatic rings. The van der Waals surface area contributed by atoms with Crippen molar-refractivity contribution in [1.82, 2.24) is 9.55 Å². The van der Waals surface area contributed by atoms with Crippen LogP contribution in [0.1, 0.15) is 10.4 Å². The van der Waals surface area contributed by atoms with Crippen molar-refractivity contribution in [3.63, 3.8) is 0 Å². The van der Waals surface area contributed by atoms with E-state index in [2.05, 4.69) is 0 Å². The fourth-order valence-corrected chi connectivity index (χ4v) is 1.97. The van der Waals surface area contributed by atoms with Crippen LogP contribution in [0, 0.1) is 5.82 Å². The number of aromatic nitrogens is 2. The zero-order valence-electron chi connectivity index (χ0n) is 9.49. The first-order valence-corrected chi connectivity index (χ1v) is 5.81. The minimum Gasteiger partial charge on any atom is -0.477 e. The molecule has 0 aliphatic heterocycles. The van der Waals surface area contributed by atoms with E-state index < -0.39 is 28.6 Å². The Morgan fingerprint density at radius 3 is 2.30 bits per heavy atom. The number of nitrogens with zero attached hydrogens (tertiary/aromatic N) is 1. The fourth-order valence-electron chi connectivity index (χ4n) is 1.50. The number of hydrogen-bond acceptors (Lipinski definition) is 3. The molecule has 20 heavy (non-hydrogen) atoms. The number of rotatable bonds is 2. The van der Waals surface area contributed by atoms with Gasteiger partial charge in [-0.05, 0) is 12.1 Å². The summed E-state index contributed by atoms with van der Waals surface area (Å²) in [5.41, 5.74) is -2.58. The molecular weight excluding hydrogens is 314 g/mol. The SMILES string of the molecule is O=C(O)c1cn(-c2cc(Cl)c(F)c(Cl)c2)c(=O)[nH]c1=O. The quantitative estimate of drug-likeness (QED) is 0.824. The van der Waals surface area contributed by atoms with E-state index in [-0.39, 0.29) is 15.7 Å². The van der Waals surface area contributed by atoms with Gasteiger partial charge in [0.25, 0.3) is 5.56 Å². The van der Waals surface area contributed by atoms with Crippen molar-refractivity contribution in [2.24, 2.45) is 0 Å². The molecule has 1 aromatic carbocycles. The van der Waals surface area contributed by atoms with E-state index in [1.807, 2.05) is 4.98 Å². The van der Waals surface area contributed by atoms with E-state index in [1.165, 1.54) is 0 Å². The lowest BCUT2D eigenvalue weighted by atomic mass is 10.3. The highest BCUT2D eigenvalue weighted by atomic mass is 35.5. The Kier molecular flexibility index (Phi) is 3.65. The highest BCUT2D eigenvalue weighted by Crippen LogP contribution is 2.25. The van der Waals surface area contributed by atoms with Crippen LogP contribution in [0.3, 0.4) is 0 Å². The summed E-state index contributed by atoms with van der Waals surface area (Å²) >= 11 is 11.2. The number of carboxylic acids is 1. The summed E-state index contributed by atoms with van der Waals surface area (Å²) in [5.74, 6) is -2.38. The summed E-state index contributed by atoms with van der Waals surface area (Å²) in [6, 6.07) is 2.15. The zero-order valence-corrected chi connectivity index (χ0v) is 11.0. The monoisotopic (exact) mass is 318 g/mol. The lowest BCUT2D eigenvalue weighted by Gasteiger charge is -2.08. The number of carbonyl (C=O) groups is 1. The number of carboxylic acid groups (broad SMARTS) is 1. The number of aromatic carboxylic acids is 1. The maximum Gasteiger partial charge on any atom is 0.342 e. The van der Waals surface area contributed by atoms with Crippen molar-refractivity contribution in [2.75, 3.05) is 0 Å². The molecular formula is C11H5Cl2FN2O4. The van der Waals surface area contributed by atoms with Crippen molar-refractivity contribution in [1.29, 1.82) is 0 Å². The Hall–Kier alpha value is -2.12. The van der Waals surface area contributed by atoms with Gasteiger partial charge in [-0.2, -0.15) is 0 Å². The van der Waals surface area contributed by atoms with E-state index in [1.54, 1.807) is 0 Å². The molecule has 2 aromatic rings. The Balaban J connectivity index is 2.76. The normalized spacial score (nSPS) is 10.6. The molecule has 0 saturated carbocycles. The Morgan fingerprint density at radius 1 is 1.25 bits per heavy atom. The number of benzene rings is 1. The van der Waals surface area contributed by atoms with Gasteiger partial charge in [0, 0.05) is 6.20 Å². The van der Waals surface area contributed by atoms with Gasteiger partial charge in [-0.15, -0.1) is 0 Å². The highest BCUT2D eigenvalue weighted by Gasteiger charge is 2.14. The molecule has 0 radical (unpaired) electrons. The maximum atomic E-state index is 13.3. The van der Waals surface area contributed by atoms with Crippen molar-refractivity contribution in [3.8, 4) is 5.69 Å². The van der Waals surface area contributed by atoms with E-state index in [4.69, 9.17) is 28.3 Å². The topological polar surface area (TPSA) is 92.2 Å². The minimum absolute atomic E-state index is 0.0187. The molecule has 0 bridgehead atoms. The second-order valence-electron chi connectivity index (χ2n) is 3.70. The maximum absolute atomic E-state index is 13.3. The number of nitrogens with one attached hydrogen (secondary N) is 1. The van der Waals surface area contributed by atoms with Crippen LogP contribution in [-0.4, -0.2) is 20.6 Å². The molecule has 2 N–H and O–H groups in total. The first kappa shape index (κ1) is 14.3. The molecule has 0 fully saturated rings. The predicted octanol–water partition coefficient (Wildman–Crippen LogP) is 1.67. The molecule has 0 unspecified atom stereocenters. The first-order chi connectivity index (χ1) is 9.31. The standard InChI is InChI=1S/C11H5Cl2FN2O4/c12-6-1-4(2-7(13)8(6)14)16-3-5(10(18)19)9(17)15-11(16)20/h1-3H,(H,18,19)(H,15,17,20). The molecule has 1 heterocycles. The van der Waals surface area contributed by atoms with Crippen LogP contribution >= 0.6 is 23.2 Å². The van der Waals surface area contributed by atoms with Gasteiger partial charge in [-0.1, -0.05) is 23.2 Å². The van der Waals surface area contributed by atoms with Gasteiger partial charge in [0.05, 0.1) is 15.7 Å². The third-order valence-corrected chi connectivity index (χ3v) is 2.97. The van der Waals surface area contributed by atoms with Gasteiger partial charge in [-0.3, -0.25) is 14.3 Å². The number of halogens is 3. The van der Waals surface area contributed by atoms with Crippen molar-refractivity contribution in [3.05, 3.63) is 60.6 Å². The molecule has 0 amide bonds. The smallest absolute Gasteiger partial charge is 0.342 e. The van der Waals surface area contributed by atoms with Crippen LogP contribution in [-0.2, 0) is 0 Å². The first-order valence-electron chi connectivity index (χ1n) is 5.05. The second-order valence-corrected chi connectivity index (χ2v) is 4.52. The van der Waals surface area contributed by atoms with Gasteiger partial charge in [-0.25, -0.2) is 14.0 Å². The third-order valence-electron chi connectivity index (χ3n) is 2.42. The van der Waals surface area contributed by atoms with Gasteiger partial charge < -0.3 is 5.11 Å². The lowest BCUT2D eigenvalue weighted by molar-refractivity contribution is 0.0694. The van der Waals surface area contributed by atoms with E-state index in [0.717, 1.165) is 22.9 Å². The Morgan fingerprint density at radius 2 is 1.80 bits per heavy atom. The molecule has 2 rings (SSSR count). The predicted molar refractivity (Wildman–Crippen MR) is 69.6 cm³/mol. The van der Waals surface area contributed by atoms with Crippen LogP contribution < -0.4 is 11.2 Å². The van der Waals surface area contributed by atoms with Gasteiger partial charge >= 0.3 is 11.7 Å². The summed E-state index contributed by atoms with van der Waals surface area (Å²) in [5, 5.41) is 8.14. The summed E-state index contributed by atoms with van der Waals surface area (Å²) in [6.07, 6.45) is 0.809. The summed E-state index contributed by atoms with van der Waals surface area (Å²) < 4.78 is 14.1. The minimum atomic E-state index is -1.51. The van der Waals surface area contributed by atoms with Crippen LogP contribution in [0.5, 0.6) is 0 Å². The van der Waals surface area contributed by atoms with Crippen LogP contribution in [0.25, 0.3) is 5.69 Å². The highest BCUT2D eigenvalue weighted by molar-refractivity contribution is 6.35. The average Bonchev–Trinajstić information content (AvgIpc) is 2.35. The largest absolute Gasteiger partial charge is 0.477 e. The number of hydrogen-bond donors (Lipinski definition) is 2. The van der Waals surface area contributed by atoms with Crippen LogP contribution in [0.2, 0.25) is 10.0 Å². The van der Waals surface area contributed by atoms with Crippen molar-refractivity contribution < 1.29 is 14.3 Å². The summed E-state index contributed by atoms with van der Waals surface area (Å²) in [6.45, 7) is 0. The van der Waals surface area contributed by atoms with Crippen molar-refractivity contribution in [2.45, 2.75) is 0 Å². The van der Waals surface area contributed by atoms with E-state index in [0.29, 0.717) is 0 Å². The fraction of sp³-hybridized carbons (Fsp3) is 0. The summed E-state index contributed by atoms with van der Waals surface area (Å²) in [4.78, 5) is 35.6. The summed E-state index contributed by atoms with van der Waals surface area (Å²) in [7, 11) is 0. The number of aromatic amines is 1. The molecule has 0 aliphatic carbocycles. The molecule has 0 atom stereocenters. The van der Waals surface area contributed by atoms with Crippen molar-refractivity contribution >= 4 is 29.2 Å². The molecule has 9 heteroatoms.